The lowest BCUT2D eigenvalue weighted by atomic mass is 10.0. The number of nitrogen functional groups attached to an aromatic ring is 2. The molecule has 0 unspecified atom stereocenters. The lowest BCUT2D eigenvalue weighted by Crippen LogP contribution is -2.25. The molecular formula is C18H23N3O. The Morgan fingerprint density at radius 1 is 1.00 bits per heavy atom. The summed E-state index contributed by atoms with van der Waals surface area (Å²) < 4.78 is 0. The molecule has 0 aliphatic rings. The van der Waals surface area contributed by atoms with Gasteiger partial charge in [0.05, 0.1) is 11.4 Å². The SMILES string of the molecule is CC(C)CCNC(=O)c1ccc(-c2ccc(N)c(N)c2)cc1. The van der Waals surface area contributed by atoms with Gasteiger partial charge in [0.25, 0.3) is 5.91 Å². The van der Waals surface area contributed by atoms with E-state index in [-0.39, 0.29) is 5.91 Å². The molecule has 2 rings (SSSR count). The van der Waals surface area contributed by atoms with Crippen molar-refractivity contribution < 1.29 is 4.79 Å². The quantitative estimate of drug-likeness (QED) is 0.741. The highest BCUT2D eigenvalue weighted by Crippen LogP contribution is 2.25. The number of amides is 1. The first-order chi connectivity index (χ1) is 10.5. The number of hydrogen-bond acceptors (Lipinski definition) is 3. The second kappa shape index (κ2) is 6.98. The summed E-state index contributed by atoms with van der Waals surface area (Å²) in [5, 5.41) is 2.93. The van der Waals surface area contributed by atoms with Crippen molar-refractivity contribution in [2.24, 2.45) is 5.92 Å². The minimum absolute atomic E-state index is 0.0379. The maximum absolute atomic E-state index is 12.0. The fourth-order valence-electron chi connectivity index (χ4n) is 2.14. The zero-order chi connectivity index (χ0) is 16.1. The summed E-state index contributed by atoms with van der Waals surface area (Å²) in [6, 6.07) is 13.0. The number of carbonyl (C=O) groups is 1. The van der Waals surface area contributed by atoms with Crippen molar-refractivity contribution >= 4 is 17.3 Å². The fourth-order valence-corrected chi connectivity index (χ4v) is 2.14. The van der Waals surface area contributed by atoms with Crippen LogP contribution < -0.4 is 16.8 Å². The molecule has 22 heavy (non-hydrogen) atoms. The van der Waals surface area contributed by atoms with Gasteiger partial charge in [-0.25, -0.2) is 0 Å². The van der Waals surface area contributed by atoms with Gasteiger partial charge in [-0.1, -0.05) is 32.0 Å². The van der Waals surface area contributed by atoms with E-state index in [9.17, 15) is 4.79 Å². The second-order valence-corrected chi connectivity index (χ2v) is 5.86. The zero-order valence-electron chi connectivity index (χ0n) is 13.1. The first-order valence-corrected chi connectivity index (χ1v) is 7.51. The molecule has 2 aromatic rings. The van der Waals surface area contributed by atoms with E-state index in [0.29, 0.717) is 29.4 Å². The Kier molecular flexibility index (Phi) is 5.04. The van der Waals surface area contributed by atoms with Crippen molar-refractivity contribution in [3.05, 3.63) is 48.0 Å². The van der Waals surface area contributed by atoms with Gasteiger partial charge in [-0.3, -0.25) is 4.79 Å². The van der Waals surface area contributed by atoms with Gasteiger partial charge in [-0.05, 0) is 47.7 Å². The van der Waals surface area contributed by atoms with Gasteiger partial charge in [0, 0.05) is 12.1 Å². The van der Waals surface area contributed by atoms with E-state index < -0.39 is 0 Å². The van der Waals surface area contributed by atoms with Crippen LogP contribution in [0.4, 0.5) is 11.4 Å². The highest BCUT2D eigenvalue weighted by atomic mass is 16.1. The van der Waals surface area contributed by atoms with E-state index in [1.807, 2.05) is 36.4 Å². The highest BCUT2D eigenvalue weighted by molar-refractivity contribution is 5.94. The van der Waals surface area contributed by atoms with Crippen molar-refractivity contribution in [1.82, 2.24) is 5.32 Å². The Balaban J connectivity index is 2.06. The molecule has 0 saturated heterocycles. The van der Waals surface area contributed by atoms with Crippen molar-refractivity contribution in [3.8, 4) is 11.1 Å². The highest BCUT2D eigenvalue weighted by Gasteiger charge is 2.06. The van der Waals surface area contributed by atoms with Gasteiger partial charge in [0.2, 0.25) is 0 Å². The van der Waals surface area contributed by atoms with Crippen LogP contribution in [0, 0.1) is 5.92 Å². The van der Waals surface area contributed by atoms with E-state index >= 15 is 0 Å². The Hall–Kier alpha value is -2.49. The number of anilines is 2. The summed E-state index contributed by atoms with van der Waals surface area (Å²) >= 11 is 0. The molecule has 0 aliphatic carbocycles. The third kappa shape index (κ3) is 4.01. The number of carbonyl (C=O) groups excluding carboxylic acids is 1. The number of rotatable bonds is 5. The smallest absolute Gasteiger partial charge is 0.251 e. The largest absolute Gasteiger partial charge is 0.397 e. The van der Waals surface area contributed by atoms with E-state index in [0.717, 1.165) is 17.5 Å². The zero-order valence-corrected chi connectivity index (χ0v) is 13.1. The third-order valence-electron chi connectivity index (χ3n) is 3.57. The topological polar surface area (TPSA) is 81.1 Å². The molecule has 0 spiro atoms. The maximum atomic E-state index is 12.0. The number of nitrogens with two attached hydrogens (primary N) is 2. The fraction of sp³-hybridized carbons (Fsp3) is 0.278. The van der Waals surface area contributed by atoms with Crippen molar-refractivity contribution in [1.29, 1.82) is 0 Å². The van der Waals surface area contributed by atoms with E-state index in [1.54, 1.807) is 6.07 Å². The van der Waals surface area contributed by atoms with Crippen LogP contribution in [-0.4, -0.2) is 12.5 Å². The average molecular weight is 297 g/mol. The van der Waals surface area contributed by atoms with Crippen LogP contribution in [0.15, 0.2) is 42.5 Å². The first kappa shape index (κ1) is 15.9. The van der Waals surface area contributed by atoms with Crippen molar-refractivity contribution in [3.63, 3.8) is 0 Å². The average Bonchev–Trinajstić information content (AvgIpc) is 2.50. The Labute approximate surface area is 131 Å². The summed E-state index contributed by atoms with van der Waals surface area (Å²) in [5.74, 6) is 0.544. The van der Waals surface area contributed by atoms with E-state index in [4.69, 9.17) is 11.5 Å². The Morgan fingerprint density at radius 3 is 2.23 bits per heavy atom. The van der Waals surface area contributed by atoms with Crippen LogP contribution in [0.5, 0.6) is 0 Å². The summed E-state index contributed by atoms with van der Waals surface area (Å²) in [6.45, 7) is 4.98. The van der Waals surface area contributed by atoms with Gasteiger partial charge in [-0.2, -0.15) is 0 Å². The molecule has 4 nitrogen and oxygen atoms in total. The van der Waals surface area contributed by atoms with Crippen LogP contribution in [0.2, 0.25) is 0 Å². The van der Waals surface area contributed by atoms with E-state index in [1.165, 1.54) is 0 Å². The monoisotopic (exact) mass is 297 g/mol. The third-order valence-corrected chi connectivity index (χ3v) is 3.57. The molecule has 4 heteroatoms. The maximum Gasteiger partial charge on any atom is 0.251 e. The molecule has 0 fully saturated rings. The number of nitrogens with one attached hydrogen (secondary N) is 1. The predicted octanol–water partition coefficient (Wildman–Crippen LogP) is 3.29. The molecule has 116 valence electrons. The van der Waals surface area contributed by atoms with Crippen LogP contribution in [0.1, 0.15) is 30.6 Å². The first-order valence-electron chi connectivity index (χ1n) is 7.51. The molecule has 1 amide bonds. The number of hydrogen-bond donors (Lipinski definition) is 3. The molecule has 0 saturated carbocycles. The Bertz CT molecular complexity index is 648. The molecule has 0 bridgehead atoms. The van der Waals surface area contributed by atoms with Crippen LogP contribution in [-0.2, 0) is 0 Å². The van der Waals surface area contributed by atoms with E-state index in [2.05, 4.69) is 19.2 Å². The van der Waals surface area contributed by atoms with Crippen molar-refractivity contribution in [2.75, 3.05) is 18.0 Å². The lowest BCUT2D eigenvalue weighted by Gasteiger charge is -2.09. The van der Waals surface area contributed by atoms with Gasteiger partial charge in [0.15, 0.2) is 0 Å². The Morgan fingerprint density at radius 2 is 1.64 bits per heavy atom. The molecule has 5 N–H and O–H groups in total. The van der Waals surface area contributed by atoms with Crippen LogP contribution in [0.3, 0.4) is 0 Å². The summed E-state index contributed by atoms with van der Waals surface area (Å²) in [4.78, 5) is 12.0. The summed E-state index contributed by atoms with van der Waals surface area (Å²) in [7, 11) is 0. The molecule has 0 aliphatic heterocycles. The summed E-state index contributed by atoms with van der Waals surface area (Å²) in [5.41, 5.74) is 15.3. The molecule has 0 radical (unpaired) electrons. The predicted molar refractivity (Wildman–Crippen MR) is 92.5 cm³/mol. The minimum Gasteiger partial charge on any atom is -0.397 e. The normalized spacial score (nSPS) is 10.7. The molecule has 0 aromatic heterocycles. The molecule has 2 aromatic carbocycles. The summed E-state index contributed by atoms with van der Waals surface area (Å²) in [6.07, 6.45) is 0.981. The second-order valence-electron chi connectivity index (χ2n) is 5.86. The lowest BCUT2D eigenvalue weighted by molar-refractivity contribution is 0.0952. The molecular weight excluding hydrogens is 274 g/mol. The minimum atomic E-state index is -0.0379. The molecule has 0 heterocycles. The standard InChI is InChI=1S/C18H23N3O/c1-12(2)9-10-21-18(22)14-5-3-13(4-6-14)15-7-8-16(19)17(20)11-15/h3-8,11-12H,9-10,19-20H2,1-2H3,(H,21,22). The van der Waals surface area contributed by atoms with Crippen LogP contribution in [0.25, 0.3) is 11.1 Å². The van der Waals surface area contributed by atoms with Gasteiger partial charge >= 0.3 is 0 Å². The van der Waals surface area contributed by atoms with Gasteiger partial charge < -0.3 is 16.8 Å². The molecule has 0 atom stereocenters. The van der Waals surface area contributed by atoms with Gasteiger partial charge in [0.1, 0.15) is 0 Å². The van der Waals surface area contributed by atoms with Crippen LogP contribution >= 0.6 is 0 Å². The van der Waals surface area contributed by atoms with Crippen molar-refractivity contribution in [2.45, 2.75) is 20.3 Å². The number of benzene rings is 2. The van der Waals surface area contributed by atoms with Gasteiger partial charge in [-0.15, -0.1) is 0 Å².